The number of alkyl halides is 2. The molecule has 99 heavy (non-hydrogen) atoms. The van der Waals surface area contributed by atoms with Crippen LogP contribution in [0.25, 0.3) is 55.4 Å². The van der Waals surface area contributed by atoms with E-state index in [4.69, 9.17) is 13.3 Å². The second-order valence-corrected chi connectivity index (χ2v) is 29.2. The number of nitrogens with zero attached hydrogens (tertiary/aromatic N) is 8. The van der Waals surface area contributed by atoms with E-state index in [1.165, 1.54) is 75.1 Å². The van der Waals surface area contributed by atoms with Gasteiger partial charge < -0.3 is 27.6 Å². The second-order valence-electron chi connectivity index (χ2n) is 28.6. The summed E-state index contributed by atoms with van der Waals surface area (Å²) in [6, 6.07) is 42.4. The van der Waals surface area contributed by atoms with Crippen molar-refractivity contribution in [2.75, 3.05) is 6.54 Å². The maximum atomic E-state index is 12.7. The minimum Gasteiger partial charge on any atom is -0.443 e. The van der Waals surface area contributed by atoms with Crippen LogP contribution in [0.4, 0.5) is 8.78 Å². The third-order valence-corrected chi connectivity index (χ3v) is 16.5. The summed E-state index contributed by atoms with van der Waals surface area (Å²) in [5.41, 5.74) is 20.6. The van der Waals surface area contributed by atoms with Gasteiger partial charge >= 0.3 is 12.1 Å². The van der Waals surface area contributed by atoms with Crippen LogP contribution in [-0.4, -0.2) is 57.2 Å². The molecule has 2 aliphatic heterocycles. The molecule has 0 fully saturated rings. The molecule has 1 amide bonds. The summed E-state index contributed by atoms with van der Waals surface area (Å²) in [5.74, 6) is 4.62. The van der Waals surface area contributed by atoms with Gasteiger partial charge in [-0.3, -0.25) is 9.36 Å². The quantitative estimate of drug-likeness (QED) is 0.0999. The Kier molecular flexibility index (Phi) is 27.2. The molecule has 2 aliphatic rings. The summed E-state index contributed by atoms with van der Waals surface area (Å²) in [4.78, 5) is 32.8. The molecule has 7 aromatic carbocycles. The second kappa shape index (κ2) is 35.6. The van der Waals surface area contributed by atoms with Crippen molar-refractivity contribution in [1.29, 1.82) is 0 Å². The predicted molar refractivity (Wildman–Crippen MR) is 392 cm³/mol. The van der Waals surface area contributed by atoms with Crippen LogP contribution < -0.4 is 15.2 Å². The largest absolute Gasteiger partial charge is 0.586 e. The van der Waals surface area contributed by atoms with E-state index >= 15 is 0 Å². The number of hydrogen-bond donors (Lipinski definition) is 0. The highest BCUT2D eigenvalue weighted by Gasteiger charge is 2.43. The topological polar surface area (TPSA) is 191 Å². The Morgan fingerprint density at radius 2 is 0.919 bits per heavy atom. The minimum atomic E-state index is -3.52. The molecule has 0 saturated carbocycles. The number of ether oxygens (including phenoxy) is 2. The van der Waals surface area contributed by atoms with Crippen LogP contribution in [0.3, 0.4) is 0 Å². The van der Waals surface area contributed by atoms with Gasteiger partial charge in [-0.05, 0) is 226 Å². The molecule has 12 aromatic rings. The maximum absolute atomic E-state index is 12.7. The molecule has 0 saturated heterocycles. The average molecular weight is 1370 g/mol. The number of rotatable bonds is 14. The van der Waals surface area contributed by atoms with Gasteiger partial charge in [0.15, 0.2) is 41.0 Å². The molecule has 16 nitrogen and oxygen atoms in total. The molecule has 7 heterocycles. The first kappa shape index (κ1) is 75.7. The van der Waals surface area contributed by atoms with E-state index in [1.54, 1.807) is 30.7 Å². The van der Waals surface area contributed by atoms with Crippen molar-refractivity contribution >= 4 is 73.0 Å². The van der Waals surface area contributed by atoms with Crippen LogP contribution >= 0.6 is 11.7 Å². The van der Waals surface area contributed by atoms with Gasteiger partial charge in [0.05, 0.1) is 17.2 Å². The smallest absolute Gasteiger partial charge is 0.443 e. The lowest BCUT2D eigenvalue weighted by molar-refractivity contribution is -0.286. The first-order valence-electron chi connectivity index (χ1n) is 34.5. The fourth-order valence-corrected chi connectivity index (χ4v) is 12.2. The van der Waals surface area contributed by atoms with E-state index in [2.05, 4.69) is 207 Å². The normalized spacial score (nSPS) is 12.8. The van der Waals surface area contributed by atoms with Crippen molar-refractivity contribution < 1.29 is 40.9 Å². The molecule has 0 aliphatic carbocycles. The predicted octanol–water partition coefficient (Wildman–Crippen LogP) is 19.7. The lowest BCUT2D eigenvalue weighted by Gasteiger charge is -2.28. The summed E-state index contributed by atoms with van der Waals surface area (Å²) < 4.78 is 64.0. The average Bonchev–Trinajstić information content (AvgIpc) is 1.72. The van der Waals surface area contributed by atoms with Gasteiger partial charge in [-0.2, -0.15) is 8.75 Å². The summed E-state index contributed by atoms with van der Waals surface area (Å²) in [5, 5.41) is 7.55. The summed E-state index contributed by atoms with van der Waals surface area (Å²) in [7, 11) is 1.73. The molecule has 0 atom stereocenters. The Balaban J connectivity index is 0.000000147. The van der Waals surface area contributed by atoms with Gasteiger partial charge in [0, 0.05) is 27.1 Å². The third-order valence-electron chi connectivity index (χ3n) is 16.0. The zero-order chi connectivity index (χ0) is 71.5. The van der Waals surface area contributed by atoms with Crippen LogP contribution in [0, 0.1) is 41.4 Å². The summed E-state index contributed by atoms with van der Waals surface area (Å²) in [6.45, 7) is 34.0. The van der Waals surface area contributed by atoms with E-state index in [9.17, 15) is 18.4 Å². The number of fused-ring (bicyclic) bond motifs is 7. The van der Waals surface area contributed by atoms with Crippen molar-refractivity contribution in [2.24, 2.45) is 48.5 Å². The first-order chi connectivity index (χ1) is 47.1. The van der Waals surface area contributed by atoms with E-state index < -0.39 is 6.29 Å². The summed E-state index contributed by atoms with van der Waals surface area (Å²) in [6.07, 6.45) is 7.82. The highest BCUT2D eigenvalue weighted by atomic mass is 32.1. The monoisotopic (exact) mass is 1370 g/mol. The molecule has 526 valence electrons. The number of amides is 1. The van der Waals surface area contributed by atoms with Crippen molar-refractivity contribution in [2.45, 2.75) is 168 Å². The molecular formula is C80H98F2N8O8S. The highest BCUT2D eigenvalue weighted by molar-refractivity contribution is 7.00. The van der Waals surface area contributed by atoms with Crippen LogP contribution in [0.1, 0.15) is 154 Å². The summed E-state index contributed by atoms with van der Waals surface area (Å²) >= 11 is 1.28. The maximum Gasteiger partial charge on any atom is 0.586 e. The van der Waals surface area contributed by atoms with Crippen molar-refractivity contribution in [3.8, 4) is 11.5 Å². The molecule has 5 aromatic heterocycles. The zero-order valence-electron chi connectivity index (χ0n) is 60.4. The fraction of sp³-hybridized carbons (Fsp3) is 0.425. The Morgan fingerprint density at radius 3 is 1.52 bits per heavy atom. The number of carbonyl (C=O) groups is 1. The van der Waals surface area contributed by atoms with Crippen LogP contribution in [0.2, 0.25) is 0 Å². The Hall–Kier alpha value is -9.10. The molecule has 0 unspecified atom stereocenters. The van der Waals surface area contributed by atoms with Gasteiger partial charge in [-0.1, -0.05) is 152 Å². The van der Waals surface area contributed by atoms with Gasteiger partial charge in [-0.15, -0.1) is 8.78 Å². The number of oxazole rings is 3. The minimum absolute atomic E-state index is 0.104. The molecule has 19 heteroatoms. The van der Waals surface area contributed by atoms with E-state index in [1.807, 2.05) is 47.4 Å². The Labute approximate surface area is 584 Å². The van der Waals surface area contributed by atoms with Crippen molar-refractivity contribution in [3.63, 3.8) is 0 Å². The number of aromatic nitrogens is 7. The number of hydrogen-bond acceptors (Lipinski definition) is 15. The molecule has 0 bridgehead atoms. The molecule has 0 N–H and O–H groups in total. The molecule has 0 radical (unpaired) electrons. The molecule has 14 rings (SSSR count). The molecule has 0 spiro atoms. The lowest BCUT2D eigenvalue weighted by atomic mass is 9.94. The SMILES string of the molecule is CC(=O)N1CCc2ccc(CC(C)C)cc2C1.CC(C)Cc1ccc2c(c1)OC(F)(F)O2.CC(C)Cc1ccc2ncoc2c1.CC(C)Cc1ccc2nonc2c1.CC(C)Cc1ccc2nsnc2c1.CC(C)Cc1ccc2oc(=O)n(C)c2c1.CC(C)Cc1ccc2ocnc2c1. The number of benzene rings is 7. The molecular weight excluding hydrogens is 1270 g/mol. The van der Waals surface area contributed by atoms with Crippen LogP contribution in [-0.2, 0) is 69.8 Å². The van der Waals surface area contributed by atoms with E-state index in [0.717, 1.165) is 120 Å². The highest BCUT2D eigenvalue weighted by Crippen LogP contribution is 2.41. The van der Waals surface area contributed by atoms with E-state index in [-0.39, 0.29) is 23.2 Å². The lowest BCUT2D eigenvalue weighted by Crippen LogP contribution is -2.34. The van der Waals surface area contributed by atoms with Gasteiger partial charge in [-0.25, -0.2) is 19.4 Å². The number of aryl methyl sites for hydroxylation is 1. The number of halogens is 2. The van der Waals surface area contributed by atoms with Crippen molar-refractivity contribution in [1.82, 2.24) is 38.5 Å². The van der Waals surface area contributed by atoms with Gasteiger partial charge in [0.25, 0.3) is 0 Å². The van der Waals surface area contributed by atoms with Crippen molar-refractivity contribution in [3.05, 3.63) is 201 Å². The third kappa shape index (κ3) is 23.5. The van der Waals surface area contributed by atoms with E-state index in [0.29, 0.717) is 47.0 Å². The van der Waals surface area contributed by atoms with Crippen LogP contribution in [0.5, 0.6) is 11.5 Å². The van der Waals surface area contributed by atoms with Gasteiger partial charge in [0.2, 0.25) is 5.91 Å². The van der Waals surface area contributed by atoms with Crippen LogP contribution in [0.15, 0.2) is 163 Å². The number of carbonyl (C=O) groups excluding carboxylic acids is 1. The Bertz CT molecular complexity index is 4250. The fourth-order valence-electron chi connectivity index (χ4n) is 11.7. The zero-order valence-corrected chi connectivity index (χ0v) is 61.2. The standard InChI is InChI=1S/C15H21NO.C12H15NO2.C11H12F2O2.2C11H13NO.C10H12N2O.C10H12N2S/c1-11(2)8-13-4-5-14-6-7-16(12(3)17)10-15(14)9-13;1-8(2)6-9-4-5-11-10(7-9)13(3)12(14)15-11;1-7(2)5-8-3-4-9-10(6-8)15-11(12,13)14-9;1-8(2)5-9-3-4-11-10(6-9)12-7-13-11;1-8(2)5-9-3-4-10-11(6-9)13-7-12-10;2*1-7(2)5-8-3-4-9-10(6-8)12-13-11-9/h4-5,9,11H,6-8,10H2,1-3H3;4-5,7-8H,6H2,1-3H3;3-4,6-7H,5H2,1-2H3;2*3-4,6-8H,5H2,1-2H3;2*3-4,6-7H,5H2,1-2H3. The first-order valence-corrected chi connectivity index (χ1v) is 35.2. The van der Waals surface area contributed by atoms with Gasteiger partial charge in [0.1, 0.15) is 33.1 Å². The Morgan fingerprint density at radius 1 is 0.475 bits per heavy atom.